The highest BCUT2D eigenvalue weighted by Crippen LogP contribution is 2.12. The number of hydrogen-bond acceptors (Lipinski definition) is 2. The van der Waals surface area contributed by atoms with Gasteiger partial charge in [-0.25, -0.2) is 0 Å². The summed E-state index contributed by atoms with van der Waals surface area (Å²) >= 11 is 0. The van der Waals surface area contributed by atoms with Crippen LogP contribution >= 0.6 is 0 Å². The van der Waals surface area contributed by atoms with Crippen molar-refractivity contribution in [2.45, 2.75) is 53.4 Å². The molecule has 2 heteroatoms. The van der Waals surface area contributed by atoms with Crippen LogP contribution in [0.25, 0.3) is 0 Å². The Morgan fingerprint density at radius 1 is 1.00 bits per heavy atom. The maximum Gasteiger partial charge on any atom is 0.302 e. The lowest BCUT2D eigenvalue weighted by Crippen LogP contribution is -2.00. The monoisotopic (exact) mass is 198 g/mol. The van der Waals surface area contributed by atoms with Crippen LogP contribution in [-0.4, -0.2) is 12.6 Å². The van der Waals surface area contributed by atoms with Crippen LogP contribution in [0.5, 0.6) is 0 Å². The fraction of sp³-hybridized carbons (Fsp3) is 0.750. The van der Waals surface area contributed by atoms with Gasteiger partial charge in [0.05, 0.1) is 6.61 Å². The van der Waals surface area contributed by atoms with E-state index in [0.29, 0.717) is 6.61 Å². The fourth-order valence-corrected chi connectivity index (χ4v) is 1.13. The first-order valence-corrected chi connectivity index (χ1v) is 5.30. The first-order valence-electron chi connectivity index (χ1n) is 5.30. The van der Waals surface area contributed by atoms with Crippen molar-refractivity contribution in [1.82, 2.24) is 0 Å². The minimum absolute atomic E-state index is 0.175. The van der Waals surface area contributed by atoms with Crippen molar-refractivity contribution in [1.29, 1.82) is 0 Å². The summed E-state index contributed by atoms with van der Waals surface area (Å²) in [5.41, 5.74) is 2.91. The lowest BCUT2D eigenvalue weighted by molar-refractivity contribution is -0.141. The zero-order valence-electron chi connectivity index (χ0n) is 9.85. The van der Waals surface area contributed by atoms with E-state index in [0.717, 1.165) is 12.8 Å². The molecular formula is C12H22O2. The van der Waals surface area contributed by atoms with Gasteiger partial charge in [-0.15, -0.1) is 0 Å². The number of allylic oxidation sites excluding steroid dienone is 2. The molecule has 0 fully saturated rings. The zero-order chi connectivity index (χ0) is 11.0. The number of esters is 1. The van der Waals surface area contributed by atoms with Crippen LogP contribution in [0.1, 0.15) is 53.4 Å². The first-order chi connectivity index (χ1) is 6.54. The molecule has 0 unspecified atom stereocenters. The van der Waals surface area contributed by atoms with Gasteiger partial charge in [-0.1, -0.05) is 11.1 Å². The van der Waals surface area contributed by atoms with E-state index in [2.05, 4.69) is 20.8 Å². The number of carbonyl (C=O) groups excluding carboxylic acids is 1. The summed E-state index contributed by atoms with van der Waals surface area (Å²) < 4.78 is 4.85. The molecule has 0 aromatic carbocycles. The van der Waals surface area contributed by atoms with E-state index in [4.69, 9.17) is 4.74 Å². The molecule has 0 atom stereocenters. The molecule has 0 aromatic rings. The molecule has 14 heavy (non-hydrogen) atoms. The maximum atomic E-state index is 10.4. The van der Waals surface area contributed by atoms with Crippen LogP contribution in [0.3, 0.4) is 0 Å². The molecule has 0 saturated carbocycles. The van der Waals surface area contributed by atoms with Crippen molar-refractivity contribution in [2.24, 2.45) is 0 Å². The predicted molar refractivity (Wildman–Crippen MR) is 59.1 cm³/mol. The van der Waals surface area contributed by atoms with Crippen molar-refractivity contribution >= 4 is 5.97 Å². The molecular weight excluding hydrogens is 176 g/mol. The Bertz CT molecular complexity index is 200. The summed E-state index contributed by atoms with van der Waals surface area (Å²) in [5.74, 6) is -0.175. The van der Waals surface area contributed by atoms with E-state index < -0.39 is 0 Å². The summed E-state index contributed by atoms with van der Waals surface area (Å²) in [4.78, 5) is 10.4. The number of ether oxygens (including phenoxy) is 1. The van der Waals surface area contributed by atoms with Gasteiger partial charge < -0.3 is 4.74 Å². The summed E-state index contributed by atoms with van der Waals surface area (Å²) in [6.07, 6.45) is 4.48. The van der Waals surface area contributed by atoms with E-state index in [-0.39, 0.29) is 5.97 Å². The van der Waals surface area contributed by atoms with E-state index >= 15 is 0 Å². The molecule has 0 radical (unpaired) electrons. The standard InChI is InChI=1S/C12H22O2/c1-10(2)11(3)8-6-5-7-9-14-12(4)13/h5-9H2,1-4H3. The largest absolute Gasteiger partial charge is 0.466 e. The molecule has 0 amide bonds. The minimum atomic E-state index is -0.175. The second kappa shape index (κ2) is 7.60. The SMILES string of the molecule is CC(=O)OCCCCCC(C)=C(C)C. The number of carbonyl (C=O) groups is 1. The van der Waals surface area contributed by atoms with Gasteiger partial charge in [-0.2, -0.15) is 0 Å². The van der Waals surface area contributed by atoms with Gasteiger partial charge in [-0.3, -0.25) is 4.79 Å². The van der Waals surface area contributed by atoms with Gasteiger partial charge in [0.15, 0.2) is 0 Å². The Morgan fingerprint density at radius 2 is 1.64 bits per heavy atom. The van der Waals surface area contributed by atoms with Crippen molar-refractivity contribution in [3.63, 3.8) is 0 Å². The molecule has 82 valence electrons. The third-order valence-corrected chi connectivity index (χ3v) is 2.35. The molecule has 0 saturated heterocycles. The van der Waals surface area contributed by atoms with E-state index in [1.54, 1.807) is 0 Å². The van der Waals surface area contributed by atoms with Gasteiger partial charge >= 0.3 is 5.97 Å². The average molecular weight is 198 g/mol. The molecule has 0 aliphatic carbocycles. The van der Waals surface area contributed by atoms with Crippen molar-refractivity contribution < 1.29 is 9.53 Å². The highest BCUT2D eigenvalue weighted by molar-refractivity contribution is 5.65. The zero-order valence-corrected chi connectivity index (χ0v) is 9.85. The molecule has 0 spiro atoms. The molecule has 0 aliphatic rings. The topological polar surface area (TPSA) is 26.3 Å². The van der Waals surface area contributed by atoms with Crippen molar-refractivity contribution in [3.05, 3.63) is 11.1 Å². The Labute approximate surface area is 87.3 Å². The minimum Gasteiger partial charge on any atom is -0.466 e. The Balaban J connectivity index is 3.31. The van der Waals surface area contributed by atoms with Gasteiger partial charge in [0.25, 0.3) is 0 Å². The van der Waals surface area contributed by atoms with Gasteiger partial charge in [0.1, 0.15) is 0 Å². The Hall–Kier alpha value is -0.790. The molecule has 0 N–H and O–H groups in total. The van der Waals surface area contributed by atoms with Crippen LogP contribution in [0.4, 0.5) is 0 Å². The molecule has 0 aliphatic heterocycles. The Morgan fingerprint density at radius 3 is 2.14 bits per heavy atom. The molecule has 2 nitrogen and oxygen atoms in total. The lowest BCUT2D eigenvalue weighted by Gasteiger charge is -2.04. The summed E-state index contributed by atoms with van der Waals surface area (Å²) in [6, 6.07) is 0. The summed E-state index contributed by atoms with van der Waals surface area (Å²) in [7, 11) is 0. The smallest absolute Gasteiger partial charge is 0.302 e. The van der Waals surface area contributed by atoms with E-state index in [1.165, 1.54) is 30.9 Å². The predicted octanol–water partition coefficient (Wildman–Crippen LogP) is 3.47. The average Bonchev–Trinajstić information content (AvgIpc) is 2.09. The summed E-state index contributed by atoms with van der Waals surface area (Å²) in [6.45, 7) is 8.50. The molecule has 0 rings (SSSR count). The van der Waals surface area contributed by atoms with Crippen molar-refractivity contribution in [2.75, 3.05) is 6.61 Å². The van der Waals surface area contributed by atoms with Gasteiger partial charge in [0.2, 0.25) is 0 Å². The van der Waals surface area contributed by atoms with Gasteiger partial charge in [-0.05, 0) is 46.5 Å². The number of rotatable bonds is 6. The molecule has 0 aromatic heterocycles. The molecule has 0 heterocycles. The normalized spacial score (nSPS) is 9.71. The highest BCUT2D eigenvalue weighted by atomic mass is 16.5. The number of unbranched alkanes of at least 4 members (excludes halogenated alkanes) is 2. The lowest BCUT2D eigenvalue weighted by atomic mass is 10.1. The fourth-order valence-electron chi connectivity index (χ4n) is 1.13. The van der Waals surface area contributed by atoms with Crippen LogP contribution in [-0.2, 0) is 9.53 Å². The number of hydrogen-bond donors (Lipinski definition) is 0. The third kappa shape index (κ3) is 7.84. The van der Waals surface area contributed by atoms with E-state index in [1.807, 2.05) is 0 Å². The van der Waals surface area contributed by atoms with Crippen molar-refractivity contribution in [3.8, 4) is 0 Å². The van der Waals surface area contributed by atoms with Crippen LogP contribution in [0, 0.1) is 0 Å². The summed E-state index contributed by atoms with van der Waals surface area (Å²) in [5, 5.41) is 0. The van der Waals surface area contributed by atoms with Crippen LogP contribution in [0.15, 0.2) is 11.1 Å². The second-order valence-corrected chi connectivity index (χ2v) is 3.93. The van der Waals surface area contributed by atoms with E-state index in [9.17, 15) is 4.79 Å². The second-order valence-electron chi connectivity index (χ2n) is 3.93. The Kier molecular flexibility index (Phi) is 7.17. The first kappa shape index (κ1) is 13.2. The van der Waals surface area contributed by atoms with Crippen LogP contribution in [0.2, 0.25) is 0 Å². The van der Waals surface area contributed by atoms with Gasteiger partial charge in [0, 0.05) is 6.92 Å². The van der Waals surface area contributed by atoms with Crippen LogP contribution < -0.4 is 0 Å². The molecule has 0 bridgehead atoms. The third-order valence-electron chi connectivity index (χ3n) is 2.35. The maximum absolute atomic E-state index is 10.4. The quantitative estimate of drug-likeness (QED) is 0.371. The highest BCUT2D eigenvalue weighted by Gasteiger charge is 1.95.